The Balaban J connectivity index is 2.15. The lowest BCUT2D eigenvalue weighted by Crippen LogP contribution is -2.42. The van der Waals surface area contributed by atoms with E-state index in [9.17, 15) is 0 Å². The topological polar surface area (TPSA) is 12.5 Å². The predicted molar refractivity (Wildman–Crippen MR) is 90.2 cm³/mol. The maximum absolute atomic E-state index is 5.21. The number of hydrogen-bond donors (Lipinski definition) is 0. The van der Waals surface area contributed by atoms with Crippen molar-refractivity contribution in [1.29, 1.82) is 0 Å². The highest BCUT2D eigenvalue weighted by molar-refractivity contribution is 6.50. The van der Waals surface area contributed by atoms with E-state index in [0.717, 1.165) is 5.75 Å². The van der Waals surface area contributed by atoms with Gasteiger partial charge < -0.3 is 9.55 Å². The van der Waals surface area contributed by atoms with Gasteiger partial charge in [0.25, 0.3) is 0 Å². The van der Waals surface area contributed by atoms with Crippen molar-refractivity contribution >= 4 is 12.9 Å². The summed E-state index contributed by atoms with van der Waals surface area (Å²) in [6, 6.07) is 19.6. The number of nitrogens with zero attached hydrogens (tertiary/aromatic N) is 1. The molecule has 109 valence electrons. The fraction of sp³-hybridized carbons (Fsp3) is 0.333. The molecule has 0 N–H and O–H groups in total. The van der Waals surface area contributed by atoms with E-state index in [4.69, 9.17) is 4.74 Å². The zero-order chi connectivity index (χ0) is 15.2. The van der Waals surface area contributed by atoms with Crippen LogP contribution >= 0.6 is 0 Å². The summed E-state index contributed by atoms with van der Waals surface area (Å²) < 4.78 is 5.21. The van der Waals surface area contributed by atoms with Gasteiger partial charge in [-0.3, -0.25) is 0 Å². The molecule has 0 aliphatic rings. The summed E-state index contributed by atoms with van der Waals surface area (Å²) in [5.41, 5.74) is 2.52. The van der Waals surface area contributed by atoms with Crippen LogP contribution in [0.2, 0.25) is 0 Å². The smallest absolute Gasteiger partial charge is 0.248 e. The van der Waals surface area contributed by atoms with Gasteiger partial charge in [0, 0.05) is 6.04 Å². The lowest BCUT2D eigenvalue weighted by atomic mass is 9.77. The molecule has 2 rings (SSSR count). The molecule has 0 saturated carbocycles. The summed E-state index contributed by atoms with van der Waals surface area (Å²) >= 11 is 0. The highest BCUT2D eigenvalue weighted by atomic mass is 16.5. The zero-order valence-electron chi connectivity index (χ0n) is 13.3. The van der Waals surface area contributed by atoms with Crippen molar-refractivity contribution in [2.45, 2.75) is 32.9 Å². The quantitative estimate of drug-likeness (QED) is 0.752. The molecule has 21 heavy (non-hydrogen) atoms. The van der Waals surface area contributed by atoms with Crippen molar-refractivity contribution in [3.05, 3.63) is 60.2 Å². The molecule has 3 heteroatoms. The SMILES string of the molecule is COc1ccc([B]N(C(C)C)C(C)c2ccccc2)cc1. The molecule has 2 aromatic rings. The summed E-state index contributed by atoms with van der Waals surface area (Å²) in [7, 11) is 3.92. The van der Waals surface area contributed by atoms with E-state index in [1.165, 1.54) is 11.0 Å². The lowest BCUT2D eigenvalue weighted by molar-refractivity contribution is 0.303. The standard InChI is InChI=1S/C18H23BNO/c1-14(2)20(15(3)16-8-6-5-7-9-16)19-17-10-12-18(21-4)13-11-17/h5-15H,1-4H3. The van der Waals surface area contributed by atoms with Crippen LogP contribution in [-0.2, 0) is 0 Å². The van der Waals surface area contributed by atoms with Crippen LogP contribution in [0.4, 0.5) is 0 Å². The number of rotatable bonds is 6. The molecule has 2 aromatic carbocycles. The number of ether oxygens (including phenoxy) is 1. The van der Waals surface area contributed by atoms with Crippen molar-refractivity contribution < 1.29 is 4.74 Å². The monoisotopic (exact) mass is 280 g/mol. The molecule has 0 heterocycles. The lowest BCUT2D eigenvalue weighted by Gasteiger charge is -2.33. The molecule has 0 aliphatic heterocycles. The Morgan fingerprint density at radius 3 is 2.05 bits per heavy atom. The van der Waals surface area contributed by atoms with Crippen LogP contribution in [0.25, 0.3) is 0 Å². The van der Waals surface area contributed by atoms with Crippen molar-refractivity contribution in [1.82, 2.24) is 4.81 Å². The van der Waals surface area contributed by atoms with Crippen LogP contribution in [0.1, 0.15) is 32.4 Å². The van der Waals surface area contributed by atoms with E-state index in [0.29, 0.717) is 12.1 Å². The van der Waals surface area contributed by atoms with E-state index in [1.54, 1.807) is 7.11 Å². The predicted octanol–water partition coefficient (Wildman–Crippen LogP) is 3.41. The first-order valence-electron chi connectivity index (χ1n) is 7.43. The third kappa shape index (κ3) is 4.12. The van der Waals surface area contributed by atoms with E-state index in [-0.39, 0.29) is 0 Å². The minimum absolute atomic E-state index is 0.341. The van der Waals surface area contributed by atoms with E-state index < -0.39 is 0 Å². The van der Waals surface area contributed by atoms with Crippen LogP contribution in [-0.4, -0.2) is 25.4 Å². The molecule has 0 aromatic heterocycles. The van der Waals surface area contributed by atoms with Gasteiger partial charge in [0.05, 0.1) is 7.11 Å². The van der Waals surface area contributed by atoms with Gasteiger partial charge in [-0.05, 0) is 30.7 Å². The maximum atomic E-state index is 5.21. The molecule has 2 nitrogen and oxygen atoms in total. The summed E-state index contributed by atoms with van der Waals surface area (Å²) in [5, 5.41) is 0. The Hall–Kier alpha value is -1.74. The average Bonchev–Trinajstić information content (AvgIpc) is 2.53. The zero-order valence-corrected chi connectivity index (χ0v) is 13.3. The minimum Gasteiger partial charge on any atom is -0.497 e. The molecule has 0 spiro atoms. The summed E-state index contributed by atoms with van der Waals surface area (Å²) in [6.07, 6.45) is 0. The second kappa shape index (κ2) is 7.32. The van der Waals surface area contributed by atoms with Gasteiger partial charge in [0.2, 0.25) is 7.41 Å². The summed E-state index contributed by atoms with van der Waals surface area (Å²) in [5.74, 6) is 0.888. The Morgan fingerprint density at radius 2 is 1.52 bits per heavy atom. The molecule has 1 unspecified atom stereocenters. The summed E-state index contributed by atoms with van der Waals surface area (Å²) in [6.45, 7) is 6.69. The molecular weight excluding hydrogens is 257 g/mol. The van der Waals surface area contributed by atoms with Crippen molar-refractivity contribution in [3.63, 3.8) is 0 Å². The van der Waals surface area contributed by atoms with Crippen LogP contribution < -0.4 is 10.2 Å². The maximum Gasteiger partial charge on any atom is 0.248 e. The molecule has 0 bridgehead atoms. The van der Waals surface area contributed by atoms with Crippen LogP contribution in [0.5, 0.6) is 5.75 Å². The third-order valence-corrected chi connectivity index (χ3v) is 3.74. The minimum atomic E-state index is 0.341. The molecule has 1 radical (unpaired) electrons. The largest absolute Gasteiger partial charge is 0.497 e. The Kier molecular flexibility index (Phi) is 5.46. The van der Waals surface area contributed by atoms with Crippen LogP contribution in [0.3, 0.4) is 0 Å². The summed E-state index contributed by atoms with van der Waals surface area (Å²) in [4.78, 5) is 2.39. The van der Waals surface area contributed by atoms with Gasteiger partial charge >= 0.3 is 0 Å². The first kappa shape index (κ1) is 15.6. The Bertz CT molecular complexity index is 539. The fourth-order valence-electron chi connectivity index (χ4n) is 2.47. The van der Waals surface area contributed by atoms with Gasteiger partial charge in [-0.1, -0.05) is 61.8 Å². The van der Waals surface area contributed by atoms with E-state index in [2.05, 4.69) is 75.5 Å². The normalized spacial score (nSPS) is 12.5. The third-order valence-electron chi connectivity index (χ3n) is 3.74. The van der Waals surface area contributed by atoms with E-state index >= 15 is 0 Å². The highest BCUT2D eigenvalue weighted by Crippen LogP contribution is 2.21. The first-order valence-corrected chi connectivity index (χ1v) is 7.43. The average molecular weight is 280 g/mol. The number of methoxy groups -OCH3 is 1. The fourth-order valence-corrected chi connectivity index (χ4v) is 2.47. The van der Waals surface area contributed by atoms with Gasteiger partial charge in [0.1, 0.15) is 5.75 Å². The molecule has 0 fully saturated rings. The van der Waals surface area contributed by atoms with Crippen molar-refractivity contribution in [2.24, 2.45) is 0 Å². The molecule has 1 atom stereocenters. The van der Waals surface area contributed by atoms with Crippen molar-refractivity contribution in [2.75, 3.05) is 7.11 Å². The second-order valence-corrected chi connectivity index (χ2v) is 5.53. The number of benzene rings is 2. The second-order valence-electron chi connectivity index (χ2n) is 5.53. The van der Waals surface area contributed by atoms with Gasteiger partial charge in [-0.25, -0.2) is 0 Å². The van der Waals surface area contributed by atoms with Crippen molar-refractivity contribution in [3.8, 4) is 5.75 Å². The van der Waals surface area contributed by atoms with E-state index in [1.807, 2.05) is 12.1 Å². The molecular formula is C18H23BNO. The molecule has 0 aliphatic carbocycles. The van der Waals surface area contributed by atoms with Crippen LogP contribution in [0.15, 0.2) is 54.6 Å². The Labute approximate surface area is 129 Å². The van der Waals surface area contributed by atoms with Gasteiger partial charge in [-0.2, -0.15) is 0 Å². The molecule has 0 amide bonds. The Morgan fingerprint density at radius 1 is 0.905 bits per heavy atom. The van der Waals surface area contributed by atoms with Gasteiger partial charge in [-0.15, -0.1) is 0 Å². The van der Waals surface area contributed by atoms with Crippen LogP contribution in [0, 0.1) is 0 Å². The first-order chi connectivity index (χ1) is 10.1. The highest BCUT2D eigenvalue weighted by Gasteiger charge is 2.19. The molecule has 0 saturated heterocycles. The van der Waals surface area contributed by atoms with Gasteiger partial charge in [0.15, 0.2) is 0 Å². The number of hydrogen-bond acceptors (Lipinski definition) is 2.